The number of ether oxygens (including phenoxy) is 1. The van der Waals surface area contributed by atoms with Gasteiger partial charge in [-0.3, -0.25) is 0 Å². The van der Waals surface area contributed by atoms with E-state index in [1.165, 1.54) is 0 Å². The maximum Gasteiger partial charge on any atom is 0.232 e. The van der Waals surface area contributed by atoms with Gasteiger partial charge in [-0.05, 0) is 24.1 Å². The molecule has 0 fully saturated rings. The van der Waals surface area contributed by atoms with Crippen molar-refractivity contribution in [2.45, 2.75) is 13.3 Å². The van der Waals surface area contributed by atoms with E-state index >= 15 is 0 Å². The Kier molecular flexibility index (Phi) is 3.15. The number of allylic oxidation sites excluding steroid dienone is 1. The number of nitrogens with zero attached hydrogens (tertiary/aromatic N) is 2. The molecule has 0 aliphatic heterocycles. The summed E-state index contributed by atoms with van der Waals surface area (Å²) in [5, 5.41) is 0. The first-order valence-electron chi connectivity index (χ1n) is 5.31. The molecule has 0 aliphatic rings. The highest BCUT2D eigenvalue weighted by atomic mass is 16.5. The van der Waals surface area contributed by atoms with Gasteiger partial charge in [0, 0.05) is 0 Å². The fraction of sp³-hybridized carbons (Fsp3) is 0.231. The van der Waals surface area contributed by atoms with Gasteiger partial charge in [-0.25, -0.2) is 9.97 Å². The number of methoxy groups -OCH3 is 1. The third-order valence-electron chi connectivity index (χ3n) is 2.30. The summed E-state index contributed by atoms with van der Waals surface area (Å²) >= 11 is 0. The highest BCUT2D eigenvalue weighted by Gasteiger charge is 1.99. The lowest BCUT2D eigenvalue weighted by Gasteiger charge is -2.01. The Morgan fingerprint density at radius 3 is 2.94 bits per heavy atom. The summed E-state index contributed by atoms with van der Waals surface area (Å²) in [6.07, 6.45) is 6.86. The quantitative estimate of drug-likeness (QED) is 0.787. The van der Waals surface area contributed by atoms with Gasteiger partial charge < -0.3 is 4.74 Å². The molecule has 0 spiro atoms. The maximum atomic E-state index is 5.05. The van der Waals surface area contributed by atoms with Crippen LogP contribution >= 0.6 is 0 Å². The molecule has 3 nitrogen and oxygen atoms in total. The zero-order valence-electron chi connectivity index (χ0n) is 9.47. The number of hydrogen-bond acceptors (Lipinski definition) is 3. The lowest BCUT2D eigenvalue weighted by Crippen LogP contribution is -1.90. The van der Waals surface area contributed by atoms with Crippen LogP contribution in [0.4, 0.5) is 0 Å². The summed E-state index contributed by atoms with van der Waals surface area (Å²) in [5.74, 6) is 0.545. The predicted octanol–water partition coefficient (Wildman–Crippen LogP) is 3.06. The summed E-state index contributed by atoms with van der Waals surface area (Å²) in [6.45, 7) is 2.11. The standard InChI is InChI=1S/C13H14N2O/c1-3-4-5-10-6-7-11-12(8-10)15-13(16-2)9-14-11/h4-9H,3H2,1-2H3/b5-4+. The van der Waals surface area contributed by atoms with Crippen molar-refractivity contribution in [3.63, 3.8) is 0 Å². The third kappa shape index (κ3) is 2.19. The predicted molar refractivity (Wildman–Crippen MR) is 65.4 cm³/mol. The minimum Gasteiger partial charge on any atom is -0.480 e. The van der Waals surface area contributed by atoms with Gasteiger partial charge in [-0.15, -0.1) is 0 Å². The average molecular weight is 214 g/mol. The maximum absolute atomic E-state index is 5.05. The number of fused-ring (bicyclic) bond motifs is 1. The number of hydrogen-bond donors (Lipinski definition) is 0. The van der Waals surface area contributed by atoms with Crippen molar-refractivity contribution < 1.29 is 4.74 Å². The lowest BCUT2D eigenvalue weighted by molar-refractivity contribution is 0.397. The first-order chi connectivity index (χ1) is 7.83. The van der Waals surface area contributed by atoms with Crippen molar-refractivity contribution in [1.82, 2.24) is 9.97 Å². The molecule has 0 N–H and O–H groups in total. The van der Waals surface area contributed by atoms with E-state index in [1.54, 1.807) is 13.3 Å². The molecule has 1 heterocycles. The van der Waals surface area contributed by atoms with Gasteiger partial charge >= 0.3 is 0 Å². The van der Waals surface area contributed by atoms with E-state index in [9.17, 15) is 0 Å². The number of benzene rings is 1. The van der Waals surface area contributed by atoms with Crippen molar-refractivity contribution in [2.24, 2.45) is 0 Å². The Hall–Kier alpha value is -1.90. The minimum atomic E-state index is 0.545. The van der Waals surface area contributed by atoms with Crippen LogP contribution in [0, 0.1) is 0 Å². The van der Waals surface area contributed by atoms with E-state index in [0.717, 1.165) is 23.0 Å². The molecule has 0 radical (unpaired) electrons. The summed E-state index contributed by atoms with van der Waals surface area (Å²) in [4.78, 5) is 8.61. The van der Waals surface area contributed by atoms with Crippen LogP contribution < -0.4 is 4.74 Å². The Morgan fingerprint density at radius 1 is 1.31 bits per heavy atom. The summed E-state index contributed by atoms with van der Waals surface area (Å²) in [6, 6.07) is 6.02. The molecule has 0 amide bonds. The Morgan fingerprint density at radius 2 is 2.19 bits per heavy atom. The molecule has 0 saturated heterocycles. The van der Waals surface area contributed by atoms with Gasteiger partial charge in [0.1, 0.15) is 0 Å². The molecule has 0 aliphatic carbocycles. The summed E-state index contributed by atoms with van der Waals surface area (Å²) in [7, 11) is 1.59. The largest absolute Gasteiger partial charge is 0.480 e. The minimum absolute atomic E-state index is 0.545. The van der Waals surface area contributed by atoms with E-state index in [2.05, 4.69) is 29.0 Å². The molecule has 0 atom stereocenters. The van der Waals surface area contributed by atoms with Crippen LogP contribution in [-0.2, 0) is 0 Å². The molecule has 2 rings (SSSR count). The molecule has 3 heteroatoms. The van der Waals surface area contributed by atoms with Gasteiger partial charge in [-0.2, -0.15) is 0 Å². The molecule has 0 unspecified atom stereocenters. The molecule has 0 bridgehead atoms. The summed E-state index contributed by atoms with van der Waals surface area (Å²) in [5.41, 5.74) is 2.88. The van der Waals surface area contributed by atoms with Gasteiger partial charge in [0.05, 0.1) is 24.3 Å². The highest BCUT2D eigenvalue weighted by molar-refractivity contribution is 5.77. The third-order valence-corrected chi connectivity index (χ3v) is 2.30. The van der Waals surface area contributed by atoms with Crippen LogP contribution in [0.5, 0.6) is 5.88 Å². The molecule has 1 aromatic carbocycles. The second-order valence-corrected chi connectivity index (χ2v) is 3.47. The van der Waals surface area contributed by atoms with E-state index in [4.69, 9.17) is 4.74 Å². The highest BCUT2D eigenvalue weighted by Crippen LogP contribution is 2.16. The van der Waals surface area contributed by atoms with E-state index in [-0.39, 0.29) is 0 Å². The van der Waals surface area contributed by atoms with Crippen molar-refractivity contribution in [3.05, 3.63) is 36.0 Å². The lowest BCUT2D eigenvalue weighted by atomic mass is 10.1. The van der Waals surface area contributed by atoms with Crippen molar-refractivity contribution in [3.8, 4) is 5.88 Å². The fourth-order valence-corrected chi connectivity index (χ4v) is 1.47. The van der Waals surface area contributed by atoms with Crippen molar-refractivity contribution >= 4 is 17.1 Å². The molecule has 2 aromatic rings. The molecule has 16 heavy (non-hydrogen) atoms. The molecule has 1 aromatic heterocycles. The molecule has 82 valence electrons. The number of aromatic nitrogens is 2. The first kappa shape index (κ1) is 10.6. The average Bonchev–Trinajstić information content (AvgIpc) is 2.35. The zero-order valence-corrected chi connectivity index (χ0v) is 9.47. The topological polar surface area (TPSA) is 35.0 Å². The molecule has 0 saturated carbocycles. The molecular weight excluding hydrogens is 200 g/mol. The Balaban J connectivity index is 2.46. The van der Waals surface area contributed by atoms with E-state index in [0.29, 0.717) is 5.88 Å². The van der Waals surface area contributed by atoms with Crippen LogP contribution in [0.25, 0.3) is 17.1 Å². The van der Waals surface area contributed by atoms with Crippen LogP contribution in [0.3, 0.4) is 0 Å². The van der Waals surface area contributed by atoms with Crippen LogP contribution in [0.1, 0.15) is 18.9 Å². The fourth-order valence-electron chi connectivity index (χ4n) is 1.47. The zero-order chi connectivity index (χ0) is 11.4. The normalized spacial score (nSPS) is 11.1. The van der Waals surface area contributed by atoms with Crippen molar-refractivity contribution in [2.75, 3.05) is 7.11 Å². The second-order valence-electron chi connectivity index (χ2n) is 3.47. The second kappa shape index (κ2) is 4.75. The Labute approximate surface area is 94.8 Å². The monoisotopic (exact) mass is 214 g/mol. The van der Waals surface area contributed by atoms with Crippen LogP contribution in [-0.4, -0.2) is 17.1 Å². The smallest absolute Gasteiger partial charge is 0.232 e. The van der Waals surface area contributed by atoms with Gasteiger partial charge in [0.2, 0.25) is 5.88 Å². The number of rotatable bonds is 3. The van der Waals surface area contributed by atoms with Gasteiger partial charge in [0.15, 0.2) is 0 Å². The van der Waals surface area contributed by atoms with Crippen molar-refractivity contribution in [1.29, 1.82) is 0 Å². The van der Waals surface area contributed by atoms with E-state index in [1.807, 2.05) is 18.2 Å². The van der Waals surface area contributed by atoms with Gasteiger partial charge in [-0.1, -0.05) is 25.1 Å². The molecular formula is C13H14N2O. The summed E-state index contributed by atoms with van der Waals surface area (Å²) < 4.78 is 5.05. The van der Waals surface area contributed by atoms with Crippen LogP contribution in [0.2, 0.25) is 0 Å². The Bertz CT molecular complexity index is 520. The first-order valence-corrected chi connectivity index (χ1v) is 5.31. The van der Waals surface area contributed by atoms with E-state index < -0.39 is 0 Å². The van der Waals surface area contributed by atoms with Gasteiger partial charge in [0.25, 0.3) is 0 Å². The van der Waals surface area contributed by atoms with Crippen LogP contribution in [0.15, 0.2) is 30.5 Å². The SMILES string of the molecule is CC/C=C/c1ccc2ncc(OC)nc2c1.